The number of nitrogens with zero attached hydrogens (tertiary/aromatic N) is 9. The lowest BCUT2D eigenvalue weighted by Crippen LogP contribution is -2.55. The van der Waals surface area contributed by atoms with E-state index in [1.807, 2.05) is 31.4 Å². The number of aromatic nitrogens is 5. The summed E-state index contributed by atoms with van der Waals surface area (Å²) >= 11 is 0. The molecule has 0 radical (unpaired) electrons. The summed E-state index contributed by atoms with van der Waals surface area (Å²) in [6, 6.07) is 6.55. The lowest BCUT2D eigenvalue weighted by Gasteiger charge is -2.43. The second-order valence-corrected chi connectivity index (χ2v) is 12.1. The highest BCUT2D eigenvalue weighted by molar-refractivity contribution is 6.04. The van der Waals surface area contributed by atoms with Gasteiger partial charge >= 0.3 is 0 Å². The molecule has 12 nitrogen and oxygen atoms in total. The smallest absolute Gasteiger partial charge is 0.249 e. The number of rotatable bonds is 9. The van der Waals surface area contributed by atoms with Gasteiger partial charge in [0.25, 0.3) is 0 Å². The third kappa shape index (κ3) is 5.90. The Bertz CT molecular complexity index is 1430. The average molecular weight is 589 g/mol. The Labute approximate surface area is 254 Å². The van der Waals surface area contributed by atoms with Gasteiger partial charge in [0.05, 0.1) is 36.6 Å². The fourth-order valence-corrected chi connectivity index (χ4v) is 6.65. The number of amides is 1. The quantitative estimate of drug-likeness (QED) is 0.396. The molecule has 0 bridgehead atoms. The number of fused-ring (bicyclic) bond motifs is 1. The number of ether oxygens (including phenoxy) is 1. The molecule has 1 N–H and O–H groups in total. The molecule has 0 spiro atoms. The first-order valence-corrected chi connectivity index (χ1v) is 15.6. The Morgan fingerprint density at radius 3 is 2.58 bits per heavy atom. The zero-order valence-electron chi connectivity index (χ0n) is 26.0. The van der Waals surface area contributed by atoms with Crippen LogP contribution in [0.4, 0.5) is 23.1 Å². The third-order valence-electron chi connectivity index (χ3n) is 9.17. The largest absolute Gasteiger partial charge is 0.494 e. The molecule has 2 aromatic heterocycles. The molecule has 1 saturated carbocycles. The van der Waals surface area contributed by atoms with Crippen LogP contribution in [0.5, 0.6) is 5.75 Å². The summed E-state index contributed by atoms with van der Waals surface area (Å²) in [6.07, 6.45) is 8.99. The molecule has 1 atom stereocenters. The number of anilines is 4. The Hall–Kier alpha value is -3.77. The minimum absolute atomic E-state index is 0.105. The van der Waals surface area contributed by atoms with Crippen molar-refractivity contribution in [3.05, 3.63) is 36.3 Å². The van der Waals surface area contributed by atoms with E-state index in [0.29, 0.717) is 23.8 Å². The van der Waals surface area contributed by atoms with Crippen molar-refractivity contribution in [3.63, 3.8) is 0 Å². The van der Waals surface area contributed by atoms with E-state index in [-0.39, 0.29) is 11.9 Å². The van der Waals surface area contributed by atoms with Gasteiger partial charge in [-0.05, 0) is 45.2 Å². The van der Waals surface area contributed by atoms with Crippen LogP contribution in [0.3, 0.4) is 0 Å². The fraction of sp³-hybridized carbons (Fsp3) is 0.581. The summed E-state index contributed by atoms with van der Waals surface area (Å²) in [4.78, 5) is 31.7. The number of likely N-dealkylation sites (N-methyl/N-ethyl adjacent to an activating group) is 1. The molecule has 1 unspecified atom stereocenters. The van der Waals surface area contributed by atoms with Gasteiger partial charge in [-0.15, -0.1) is 5.10 Å². The van der Waals surface area contributed by atoms with E-state index in [1.165, 1.54) is 12.8 Å². The van der Waals surface area contributed by atoms with Crippen LogP contribution in [0.15, 0.2) is 30.6 Å². The fourth-order valence-electron chi connectivity index (χ4n) is 6.65. The van der Waals surface area contributed by atoms with Crippen LogP contribution in [-0.4, -0.2) is 99.1 Å². The zero-order chi connectivity index (χ0) is 30.1. The molecule has 230 valence electrons. The molecule has 2 aliphatic heterocycles. The summed E-state index contributed by atoms with van der Waals surface area (Å²) < 4.78 is 7.55. The normalized spacial score (nSPS) is 20.2. The van der Waals surface area contributed by atoms with Gasteiger partial charge in [-0.1, -0.05) is 25.0 Å². The second kappa shape index (κ2) is 12.5. The lowest BCUT2D eigenvalue weighted by molar-refractivity contribution is -0.120. The molecule has 4 heterocycles. The SMILES string of the molecule is CCC1C(=O)N(C)c2cnc(Nc3ccc(-n4cc(CN5CCN(C(C)C)CC5)nn4)cc3OC)nc2N1C1CCCC1. The third-order valence-corrected chi connectivity index (χ3v) is 9.17. The molecule has 3 aromatic rings. The molecule has 1 aromatic carbocycles. The van der Waals surface area contributed by atoms with Crippen molar-refractivity contribution in [3.8, 4) is 11.4 Å². The second-order valence-electron chi connectivity index (χ2n) is 12.1. The molecule has 2 fully saturated rings. The van der Waals surface area contributed by atoms with Crippen LogP contribution in [0, 0.1) is 0 Å². The first-order valence-electron chi connectivity index (χ1n) is 15.6. The highest BCUT2D eigenvalue weighted by Crippen LogP contribution is 2.40. The number of benzene rings is 1. The molecule has 6 rings (SSSR count). The van der Waals surface area contributed by atoms with Crippen LogP contribution >= 0.6 is 0 Å². The van der Waals surface area contributed by atoms with Crippen LogP contribution in [-0.2, 0) is 11.3 Å². The standard InChI is InChI=1S/C31H44N10O2/c1-6-26-30(42)37(4)27-18-32-31(34-29(27)41(26)23-9-7-8-10-23)33-25-12-11-24(17-28(25)43-5)40-20-22(35-36-40)19-38-13-15-39(16-14-38)21(2)3/h11-12,17-18,20-21,23,26H,6-10,13-16,19H2,1-5H3,(H,32,33,34). The molecule has 12 heteroatoms. The Morgan fingerprint density at radius 2 is 1.88 bits per heavy atom. The minimum atomic E-state index is -0.214. The number of piperazine rings is 1. The monoisotopic (exact) mass is 588 g/mol. The van der Waals surface area contributed by atoms with Crippen LogP contribution < -0.4 is 19.9 Å². The minimum Gasteiger partial charge on any atom is -0.494 e. The van der Waals surface area contributed by atoms with Crippen LogP contribution in [0.1, 0.15) is 58.6 Å². The predicted octanol–water partition coefficient (Wildman–Crippen LogP) is 3.84. The molecule has 1 amide bonds. The molecule has 1 saturated heterocycles. The molecule has 3 aliphatic rings. The number of carbonyl (C=O) groups is 1. The number of carbonyl (C=O) groups excluding carboxylic acids is 1. The van der Waals surface area contributed by atoms with Crippen LogP contribution in [0.2, 0.25) is 0 Å². The van der Waals surface area contributed by atoms with Crippen molar-refractivity contribution >= 4 is 29.0 Å². The van der Waals surface area contributed by atoms with E-state index < -0.39 is 0 Å². The van der Waals surface area contributed by atoms with Gasteiger partial charge in [0.15, 0.2) is 5.82 Å². The number of hydrogen-bond acceptors (Lipinski definition) is 10. The van der Waals surface area contributed by atoms with Gasteiger partial charge in [0.1, 0.15) is 17.5 Å². The van der Waals surface area contributed by atoms with Gasteiger partial charge in [-0.2, -0.15) is 4.98 Å². The summed E-state index contributed by atoms with van der Waals surface area (Å²) in [5.41, 5.74) is 3.30. The Kier molecular flexibility index (Phi) is 8.49. The van der Waals surface area contributed by atoms with E-state index in [1.54, 1.807) is 22.9 Å². The molecule has 1 aliphatic carbocycles. The van der Waals surface area contributed by atoms with Crippen molar-refractivity contribution in [1.82, 2.24) is 34.8 Å². The van der Waals surface area contributed by atoms with E-state index in [2.05, 4.69) is 56.1 Å². The highest BCUT2D eigenvalue weighted by Gasteiger charge is 2.41. The Balaban J connectivity index is 1.19. The number of methoxy groups -OCH3 is 1. The highest BCUT2D eigenvalue weighted by atomic mass is 16.5. The van der Waals surface area contributed by atoms with Gasteiger partial charge in [-0.3, -0.25) is 14.6 Å². The maximum Gasteiger partial charge on any atom is 0.249 e. The summed E-state index contributed by atoms with van der Waals surface area (Å²) in [5.74, 6) is 2.03. The summed E-state index contributed by atoms with van der Waals surface area (Å²) in [7, 11) is 3.46. The maximum absolute atomic E-state index is 13.2. The van der Waals surface area contributed by atoms with E-state index in [4.69, 9.17) is 9.72 Å². The first-order chi connectivity index (χ1) is 20.9. The van der Waals surface area contributed by atoms with Crippen molar-refractivity contribution < 1.29 is 9.53 Å². The maximum atomic E-state index is 13.2. The number of hydrogen-bond donors (Lipinski definition) is 1. The van der Waals surface area contributed by atoms with E-state index >= 15 is 0 Å². The van der Waals surface area contributed by atoms with E-state index in [9.17, 15) is 4.79 Å². The Morgan fingerprint density at radius 1 is 1.12 bits per heavy atom. The number of nitrogens with one attached hydrogen (secondary N) is 1. The average Bonchev–Trinajstić information content (AvgIpc) is 3.72. The lowest BCUT2D eigenvalue weighted by atomic mass is 10.0. The van der Waals surface area contributed by atoms with Crippen molar-refractivity contribution in [2.45, 2.75) is 77.5 Å². The van der Waals surface area contributed by atoms with Crippen molar-refractivity contribution in [2.75, 3.05) is 55.5 Å². The van der Waals surface area contributed by atoms with Gasteiger partial charge in [-0.25, -0.2) is 9.67 Å². The van der Waals surface area contributed by atoms with E-state index in [0.717, 1.165) is 80.6 Å². The van der Waals surface area contributed by atoms with Gasteiger partial charge in [0, 0.05) is 57.9 Å². The van der Waals surface area contributed by atoms with Crippen molar-refractivity contribution in [1.29, 1.82) is 0 Å². The van der Waals surface area contributed by atoms with Crippen molar-refractivity contribution in [2.24, 2.45) is 0 Å². The molecule has 43 heavy (non-hydrogen) atoms. The zero-order valence-corrected chi connectivity index (χ0v) is 26.0. The summed E-state index contributed by atoms with van der Waals surface area (Å²) in [5, 5.41) is 12.2. The van der Waals surface area contributed by atoms with Gasteiger partial charge in [0.2, 0.25) is 11.9 Å². The molecular formula is C31H44N10O2. The molecular weight excluding hydrogens is 544 g/mol. The topological polar surface area (TPSA) is 108 Å². The first kappa shape index (κ1) is 29.3. The predicted molar refractivity (Wildman–Crippen MR) is 167 cm³/mol. The van der Waals surface area contributed by atoms with Gasteiger partial charge < -0.3 is 19.9 Å². The van der Waals surface area contributed by atoms with Crippen LogP contribution in [0.25, 0.3) is 5.69 Å². The summed E-state index contributed by atoms with van der Waals surface area (Å²) in [6.45, 7) is 11.6.